The molecule has 0 N–H and O–H groups in total. The molecule has 0 saturated carbocycles. The zero-order valence-corrected chi connectivity index (χ0v) is 10.9. The standard InChI is InChI=1S/C14H21NS/c1-12(15-10-6-3-7-11-15)14(16)13-8-4-2-5-9-13/h2,4-5,8-9,12,14,16H,3,6-7,10-11H2,1H3. The molecule has 1 fully saturated rings. The van der Waals surface area contributed by atoms with Gasteiger partial charge in [0, 0.05) is 11.3 Å². The van der Waals surface area contributed by atoms with Gasteiger partial charge in [-0.2, -0.15) is 12.6 Å². The molecule has 0 amide bonds. The molecular weight excluding hydrogens is 214 g/mol. The fraction of sp³-hybridized carbons (Fsp3) is 0.571. The van der Waals surface area contributed by atoms with Gasteiger partial charge in [-0.15, -0.1) is 0 Å². The summed E-state index contributed by atoms with van der Waals surface area (Å²) in [5.74, 6) is 0. The predicted octanol–water partition coefficient (Wildman–Crippen LogP) is 3.53. The highest BCUT2D eigenvalue weighted by atomic mass is 32.1. The molecule has 1 saturated heterocycles. The number of likely N-dealkylation sites (tertiary alicyclic amines) is 1. The Balaban J connectivity index is 2.00. The van der Waals surface area contributed by atoms with E-state index in [0.29, 0.717) is 11.3 Å². The van der Waals surface area contributed by atoms with Crippen LogP contribution in [-0.4, -0.2) is 24.0 Å². The van der Waals surface area contributed by atoms with Crippen LogP contribution in [0.15, 0.2) is 30.3 Å². The van der Waals surface area contributed by atoms with Gasteiger partial charge in [-0.05, 0) is 38.4 Å². The molecule has 0 aromatic heterocycles. The molecule has 0 spiro atoms. The zero-order chi connectivity index (χ0) is 11.4. The molecule has 0 aliphatic carbocycles. The maximum atomic E-state index is 4.78. The fourth-order valence-electron chi connectivity index (χ4n) is 2.45. The van der Waals surface area contributed by atoms with Crippen LogP contribution in [-0.2, 0) is 0 Å². The summed E-state index contributed by atoms with van der Waals surface area (Å²) in [7, 11) is 0. The van der Waals surface area contributed by atoms with Gasteiger partial charge in [0.15, 0.2) is 0 Å². The van der Waals surface area contributed by atoms with E-state index in [1.165, 1.54) is 37.9 Å². The highest BCUT2D eigenvalue weighted by Gasteiger charge is 2.23. The molecule has 2 atom stereocenters. The second-order valence-electron chi connectivity index (χ2n) is 4.69. The molecular formula is C14H21NS. The summed E-state index contributed by atoms with van der Waals surface area (Å²) >= 11 is 4.78. The Bertz CT molecular complexity index is 306. The van der Waals surface area contributed by atoms with Crippen LogP contribution in [0.4, 0.5) is 0 Å². The highest BCUT2D eigenvalue weighted by Crippen LogP contribution is 2.28. The van der Waals surface area contributed by atoms with Crippen molar-refractivity contribution in [2.45, 2.75) is 37.5 Å². The van der Waals surface area contributed by atoms with Gasteiger partial charge in [-0.3, -0.25) is 4.90 Å². The lowest BCUT2D eigenvalue weighted by Crippen LogP contribution is -2.39. The fourth-order valence-corrected chi connectivity index (χ4v) is 2.81. The van der Waals surface area contributed by atoms with E-state index in [2.05, 4.69) is 42.2 Å². The summed E-state index contributed by atoms with van der Waals surface area (Å²) in [6, 6.07) is 11.2. The SMILES string of the molecule is CC(C(S)c1ccccc1)N1CCCCC1. The van der Waals surface area contributed by atoms with Crippen molar-refractivity contribution < 1.29 is 0 Å². The maximum absolute atomic E-state index is 4.78. The third-order valence-corrected chi connectivity index (χ3v) is 4.29. The normalized spacial score (nSPS) is 21.6. The van der Waals surface area contributed by atoms with Crippen molar-refractivity contribution in [3.63, 3.8) is 0 Å². The Labute approximate surface area is 104 Å². The van der Waals surface area contributed by atoms with E-state index < -0.39 is 0 Å². The summed E-state index contributed by atoms with van der Waals surface area (Å²) in [5, 5.41) is 0.333. The number of benzene rings is 1. The van der Waals surface area contributed by atoms with Gasteiger partial charge in [-0.1, -0.05) is 36.8 Å². The lowest BCUT2D eigenvalue weighted by molar-refractivity contribution is 0.171. The van der Waals surface area contributed by atoms with Crippen molar-refractivity contribution in [1.29, 1.82) is 0 Å². The molecule has 1 aromatic carbocycles. The molecule has 1 aromatic rings. The summed E-state index contributed by atoms with van der Waals surface area (Å²) < 4.78 is 0. The van der Waals surface area contributed by atoms with Crippen LogP contribution in [0.2, 0.25) is 0 Å². The molecule has 2 rings (SSSR count). The van der Waals surface area contributed by atoms with Gasteiger partial charge < -0.3 is 0 Å². The van der Waals surface area contributed by atoms with Gasteiger partial charge in [0.2, 0.25) is 0 Å². The monoisotopic (exact) mass is 235 g/mol. The molecule has 88 valence electrons. The smallest absolute Gasteiger partial charge is 0.0419 e. The van der Waals surface area contributed by atoms with Crippen molar-refractivity contribution in [3.05, 3.63) is 35.9 Å². The van der Waals surface area contributed by atoms with Crippen LogP contribution in [0.3, 0.4) is 0 Å². The average molecular weight is 235 g/mol. The predicted molar refractivity (Wildman–Crippen MR) is 73.1 cm³/mol. The van der Waals surface area contributed by atoms with E-state index >= 15 is 0 Å². The van der Waals surface area contributed by atoms with Crippen LogP contribution < -0.4 is 0 Å². The highest BCUT2D eigenvalue weighted by molar-refractivity contribution is 7.80. The molecule has 2 unspecified atom stereocenters. The first-order chi connectivity index (χ1) is 7.79. The molecule has 2 heteroatoms. The first-order valence-corrected chi connectivity index (χ1v) is 6.78. The topological polar surface area (TPSA) is 3.24 Å². The Morgan fingerprint density at radius 2 is 1.69 bits per heavy atom. The number of hydrogen-bond donors (Lipinski definition) is 1. The van der Waals surface area contributed by atoms with E-state index in [9.17, 15) is 0 Å². The third-order valence-electron chi connectivity index (χ3n) is 3.56. The molecule has 0 bridgehead atoms. The zero-order valence-electron chi connectivity index (χ0n) is 9.97. The quantitative estimate of drug-likeness (QED) is 0.784. The van der Waals surface area contributed by atoms with Crippen molar-refractivity contribution in [2.24, 2.45) is 0 Å². The second-order valence-corrected chi connectivity index (χ2v) is 5.25. The van der Waals surface area contributed by atoms with Gasteiger partial charge >= 0.3 is 0 Å². The van der Waals surface area contributed by atoms with Gasteiger partial charge in [0.25, 0.3) is 0 Å². The Hall–Kier alpha value is -0.470. The summed E-state index contributed by atoms with van der Waals surface area (Å²) in [5.41, 5.74) is 1.34. The van der Waals surface area contributed by atoms with E-state index in [0.717, 1.165) is 0 Å². The Morgan fingerprint density at radius 3 is 2.31 bits per heavy atom. The van der Waals surface area contributed by atoms with Crippen LogP contribution in [0.1, 0.15) is 37.0 Å². The van der Waals surface area contributed by atoms with Crippen molar-refractivity contribution in [2.75, 3.05) is 13.1 Å². The Morgan fingerprint density at radius 1 is 1.06 bits per heavy atom. The van der Waals surface area contributed by atoms with E-state index in [-0.39, 0.29) is 0 Å². The van der Waals surface area contributed by atoms with Gasteiger partial charge in [0.05, 0.1) is 0 Å². The molecule has 1 heterocycles. The van der Waals surface area contributed by atoms with Crippen molar-refractivity contribution >= 4 is 12.6 Å². The number of thiol groups is 1. The minimum Gasteiger partial charge on any atom is -0.299 e. The summed E-state index contributed by atoms with van der Waals surface area (Å²) in [4.78, 5) is 2.58. The first-order valence-electron chi connectivity index (χ1n) is 6.26. The van der Waals surface area contributed by atoms with E-state index in [1.54, 1.807) is 0 Å². The number of rotatable bonds is 3. The average Bonchev–Trinajstić information content (AvgIpc) is 2.39. The summed E-state index contributed by atoms with van der Waals surface area (Å²) in [6.07, 6.45) is 4.09. The largest absolute Gasteiger partial charge is 0.299 e. The van der Waals surface area contributed by atoms with Crippen molar-refractivity contribution in [1.82, 2.24) is 4.90 Å². The van der Waals surface area contributed by atoms with E-state index in [1.807, 2.05) is 0 Å². The molecule has 1 aliphatic heterocycles. The summed E-state index contributed by atoms with van der Waals surface area (Å²) in [6.45, 7) is 4.78. The minimum atomic E-state index is 0.333. The van der Waals surface area contributed by atoms with Crippen molar-refractivity contribution in [3.8, 4) is 0 Å². The van der Waals surface area contributed by atoms with Crippen LogP contribution in [0.25, 0.3) is 0 Å². The molecule has 16 heavy (non-hydrogen) atoms. The molecule has 0 radical (unpaired) electrons. The molecule has 1 nitrogen and oxygen atoms in total. The van der Waals surface area contributed by atoms with Gasteiger partial charge in [-0.25, -0.2) is 0 Å². The second kappa shape index (κ2) is 5.74. The number of piperidine rings is 1. The lowest BCUT2D eigenvalue weighted by atomic mass is 10.0. The lowest BCUT2D eigenvalue weighted by Gasteiger charge is -2.35. The van der Waals surface area contributed by atoms with Gasteiger partial charge in [0.1, 0.15) is 0 Å². The number of hydrogen-bond acceptors (Lipinski definition) is 2. The van der Waals surface area contributed by atoms with Crippen LogP contribution in [0.5, 0.6) is 0 Å². The first kappa shape index (κ1) is 12.0. The molecule has 1 aliphatic rings. The van der Waals surface area contributed by atoms with E-state index in [4.69, 9.17) is 12.6 Å². The Kier molecular flexibility index (Phi) is 4.30. The maximum Gasteiger partial charge on any atom is 0.0419 e. The number of nitrogens with zero attached hydrogens (tertiary/aromatic N) is 1. The van der Waals surface area contributed by atoms with Crippen LogP contribution in [0, 0.1) is 0 Å². The van der Waals surface area contributed by atoms with Crippen LogP contribution >= 0.6 is 12.6 Å². The third kappa shape index (κ3) is 2.80. The minimum absolute atomic E-state index is 0.333.